The molecule has 0 saturated carbocycles. The van der Waals surface area contributed by atoms with Gasteiger partial charge in [0.1, 0.15) is 0 Å². The van der Waals surface area contributed by atoms with E-state index in [9.17, 15) is 26.0 Å². The van der Waals surface area contributed by atoms with Gasteiger partial charge in [-0.25, -0.2) is 31.1 Å². The van der Waals surface area contributed by atoms with Crippen LogP contribution in [0.4, 0.5) is 17.6 Å². The van der Waals surface area contributed by atoms with E-state index in [-0.39, 0.29) is 15.6 Å². The predicted molar refractivity (Wildman–Crippen MR) is 103 cm³/mol. The number of hydrogen-bond donors (Lipinski definition) is 1. The van der Waals surface area contributed by atoms with Crippen molar-refractivity contribution in [3.05, 3.63) is 75.3 Å². The first-order valence-electron chi connectivity index (χ1n) is 7.89. The highest BCUT2D eigenvalue weighted by Gasteiger charge is 2.30. The SMILES string of the molecule is Cc1c(Cl)cc(-c2c(F)c(F)c(F)c(F)c2-c2ccccc2S(N)(=O)=O)cc1Cl. The van der Waals surface area contributed by atoms with Crippen molar-refractivity contribution in [1.29, 1.82) is 0 Å². The molecule has 3 aromatic carbocycles. The first kappa shape index (κ1) is 21.6. The number of sulfonamides is 1. The molecule has 29 heavy (non-hydrogen) atoms. The zero-order valence-corrected chi connectivity index (χ0v) is 16.9. The summed E-state index contributed by atoms with van der Waals surface area (Å²) in [5, 5.41) is 5.27. The van der Waals surface area contributed by atoms with E-state index in [0.29, 0.717) is 5.56 Å². The van der Waals surface area contributed by atoms with E-state index in [0.717, 1.165) is 12.1 Å². The third kappa shape index (κ3) is 3.73. The molecule has 2 N–H and O–H groups in total. The van der Waals surface area contributed by atoms with Gasteiger partial charge < -0.3 is 0 Å². The van der Waals surface area contributed by atoms with Crippen molar-refractivity contribution in [3.8, 4) is 22.3 Å². The van der Waals surface area contributed by atoms with Gasteiger partial charge in [0.15, 0.2) is 23.3 Å². The van der Waals surface area contributed by atoms with Crippen LogP contribution in [0.15, 0.2) is 41.3 Å². The average Bonchev–Trinajstić information content (AvgIpc) is 2.66. The maximum atomic E-state index is 14.8. The second-order valence-corrected chi connectivity index (χ2v) is 8.46. The smallest absolute Gasteiger partial charge is 0.225 e. The summed E-state index contributed by atoms with van der Waals surface area (Å²) in [7, 11) is -4.41. The molecule has 3 aromatic rings. The summed E-state index contributed by atoms with van der Waals surface area (Å²) < 4.78 is 81.6. The number of benzene rings is 3. The third-order valence-corrected chi connectivity index (χ3v) is 6.05. The van der Waals surface area contributed by atoms with Gasteiger partial charge in [-0.3, -0.25) is 0 Å². The van der Waals surface area contributed by atoms with Crippen molar-refractivity contribution < 1.29 is 26.0 Å². The van der Waals surface area contributed by atoms with E-state index < -0.39 is 54.9 Å². The Kier molecular flexibility index (Phi) is 5.66. The Morgan fingerprint density at radius 1 is 0.828 bits per heavy atom. The summed E-state index contributed by atoms with van der Waals surface area (Å²) >= 11 is 12.1. The van der Waals surface area contributed by atoms with Crippen LogP contribution in [-0.2, 0) is 10.0 Å². The molecule has 0 saturated heterocycles. The molecule has 0 aliphatic carbocycles. The normalized spacial score (nSPS) is 11.7. The van der Waals surface area contributed by atoms with Crippen molar-refractivity contribution in [2.45, 2.75) is 11.8 Å². The molecule has 10 heteroatoms. The summed E-state index contributed by atoms with van der Waals surface area (Å²) in [5.41, 5.74) is -1.79. The molecule has 0 spiro atoms. The molecule has 3 rings (SSSR count). The summed E-state index contributed by atoms with van der Waals surface area (Å²) in [6, 6.07) is 7.08. The lowest BCUT2D eigenvalue weighted by Crippen LogP contribution is -2.14. The molecule has 152 valence electrons. The van der Waals surface area contributed by atoms with Gasteiger partial charge in [-0.1, -0.05) is 41.4 Å². The maximum Gasteiger partial charge on any atom is 0.238 e. The monoisotopic (exact) mass is 463 g/mol. The molecule has 0 aliphatic rings. The van der Waals surface area contributed by atoms with E-state index in [1.165, 1.54) is 24.3 Å². The van der Waals surface area contributed by atoms with Crippen LogP contribution in [0.25, 0.3) is 22.3 Å². The highest BCUT2D eigenvalue weighted by Crippen LogP contribution is 2.43. The van der Waals surface area contributed by atoms with Crippen molar-refractivity contribution in [2.24, 2.45) is 5.14 Å². The molecule has 3 nitrogen and oxygen atoms in total. The van der Waals surface area contributed by atoms with E-state index in [1.807, 2.05) is 0 Å². The highest BCUT2D eigenvalue weighted by molar-refractivity contribution is 7.89. The maximum absolute atomic E-state index is 14.8. The fourth-order valence-electron chi connectivity index (χ4n) is 2.87. The molecule has 0 fully saturated rings. The Balaban J connectivity index is 2.54. The second kappa shape index (κ2) is 7.60. The zero-order valence-electron chi connectivity index (χ0n) is 14.5. The van der Waals surface area contributed by atoms with Gasteiger partial charge in [-0.05, 0) is 36.2 Å². The Labute approximate surface area is 173 Å². The van der Waals surface area contributed by atoms with Gasteiger partial charge >= 0.3 is 0 Å². The molecule has 0 amide bonds. The average molecular weight is 464 g/mol. The van der Waals surface area contributed by atoms with Crippen LogP contribution in [0.3, 0.4) is 0 Å². The molecule has 0 unspecified atom stereocenters. The minimum atomic E-state index is -4.41. The van der Waals surface area contributed by atoms with Crippen LogP contribution in [-0.4, -0.2) is 8.42 Å². The first-order valence-corrected chi connectivity index (χ1v) is 10.2. The molecule has 0 aromatic heterocycles. The lowest BCUT2D eigenvalue weighted by Gasteiger charge is -2.17. The fourth-order valence-corrected chi connectivity index (χ4v) is 4.10. The minimum absolute atomic E-state index is 0.0581. The number of nitrogens with two attached hydrogens (primary N) is 1. The van der Waals surface area contributed by atoms with Gasteiger partial charge in [0, 0.05) is 26.7 Å². The summed E-state index contributed by atoms with van der Waals surface area (Å²) in [5.74, 6) is -7.70. The van der Waals surface area contributed by atoms with Crippen LogP contribution < -0.4 is 5.14 Å². The zero-order chi connectivity index (χ0) is 21.7. The van der Waals surface area contributed by atoms with Crippen LogP contribution >= 0.6 is 23.2 Å². The molecule has 0 heterocycles. The van der Waals surface area contributed by atoms with Gasteiger partial charge in [0.2, 0.25) is 10.0 Å². The largest absolute Gasteiger partial charge is 0.238 e. The summed E-state index contributed by atoms with van der Waals surface area (Å²) in [6.07, 6.45) is 0. The van der Waals surface area contributed by atoms with Crippen molar-refractivity contribution in [1.82, 2.24) is 0 Å². The van der Waals surface area contributed by atoms with Crippen molar-refractivity contribution in [2.75, 3.05) is 0 Å². The number of primary sulfonamides is 1. The first-order chi connectivity index (χ1) is 13.4. The Morgan fingerprint density at radius 2 is 1.31 bits per heavy atom. The topological polar surface area (TPSA) is 60.2 Å². The summed E-state index contributed by atoms with van der Waals surface area (Å²) in [6.45, 7) is 1.56. The Bertz CT molecular complexity index is 1240. The van der Waals surface area contributed by atoms with Crippen molar-refractivity contribution in [3.63, 3.8) is 0 Å². The van der Waals surface area contributed by atoms with Gasteiger partial charge in [0.05, 0.1) is 4.90 Å². The van der Waals surface area contributed by atoms with Crippen LogP contribution in [0.1, 0.15) is 5.56 Å². The molecular weight excluding hydrogens is 453 g/mol. The minimum Gasteiger partial charge on any atom is -0.225 e. The highest BCUT2D eigenvalue weighted by atomic mass is 35.5. The molecule has 0 bridgehead atoms. The lowest BCUT2D eigenvalue weighted by atomic mass is 9.92. The van der Waals surface area contributed by atoms with E-state index >= 15 is 0 Å². The molecular formula is C19H11Cl2F4NO2S. The van der Waals surface area contributed by atoms with Gasteiger partial charge in [0.25, 0.3) is 0 Å². The second-order valence-electron chi connectivity index (χ2n) is 6.11. The molecule has 0 atom stereocenters. The van der Waals surface area contributed by atoms with E-state index in [1.54, 1.807) is 6.92 Å². The molecule has 0 radical (unpaired) electrons. The molecule has 0 aliphatic heterocycles. The van der Waals surface area contributed by atoms with Gasteiger partial charge in [-0.2, -0.15) is 0 Å². The number of halogens is 6. The van der Waals surface area contributed by atoms with Gasteiger partial charge in [-0.15, -0.1) is 0 Å². The third-order valence-electron chi connectivity index (χ3n) is 4.30. The lowest BCUT2D eigenvalue weighted by molar-refractivity contribution is 0.412. The predicted octanol–water partition coefficient (Wildman–Crippen LogP) is 5.84. The van der Waals surface area contributed by atoms with E-state index in [2.05, 4.69) is 0 Å². The van der Waals surface area contributed by atoms with Crippen LogP contribution in [0.5, 0.6) is 0 Å². The quantitative estimate of drug-likeness (QED) is 0.301. The van der Waals surface area contributed by atoms with Crippen LogP contribution in [0, 0.1) is 30.2 Å². The Hall–Kier alpha value is -2.13. The number of rotatable bonds is 3. The fraction of sp³-hybridized carbons (Fsp3) is 0.0526. The van der Waals surface area contributed by atoms with Crippen molar-refractivity contribution >= 4 is 33.2 Å². The standard InChI is InChI=1S/C19H11Cl2F4NO2S/c1-8-11(20)6-9(7-12(8)21)14-15(17(23)19(25)18(24)16(14)22)10-4-2-3-5-13(10)29(26,27)28/h2-7H,1H3,(H2,26,27,28). The number of hydrogen-bond acceptors (Lipinski definition) is 2. The Morgan fingerprint density at radius 3 is 1.83 bits per heavy atom. The van der Waals surface area contributed by atoms with E-state index in [4.69, 9.17) is 28.3 Å². The van der Waals surface area contributed by atoms with Crippen LogP contribution in [0.2, 0.25) is 10.0 Å². The summed E-state index contributed by atoms with van der Waals surface area (Å²) in [4.78, 5) is -0.602.